The summed E-state index contributed by atoms with van der Waals surface area (Å²) in [6.07, 6.45) is 0. The Morgan fingerprint density at radius 3 is 2.38 bits per heavy atom. The van der Waals surface area contributed by atoms with Crippen LogP contribution in [-0.2, 0) is 11.3 Å². The number of hydrogen-bond donors (Lipinski definition) is 1. The SMILES string of the molecule is COc1ccc(-c2ccc(=O)n(CC(=O)NCCOc3ccc(C)cc3)n2)cc1. The van der Waals surface area contributed by atoms with E-state index >= 15 is 0 Å². The molecule has 0 radical (unpaired) electrons. The minimum Gasteiger partial charge on any atom is -0.497 e. The molecule has 0 aliphatic rings. The smallest absolute Gasteiger partial charge is 0.267 e. The van der Waals surface area contributed by atoms with Crippen molar-refractivity contribution in [2.24, 2.45) is 0 Å². The van der Waals surface area contributed by atoms with Crippen LogP contribution >= 0.6 is 0 Å². The van der Waals surface area contributed by atoms with E-state index in [9.17, 15) is 9.59 Å². The van der Waals surface area contributed by atoms with Gasteiger partial charge in [0.25, 0.3) is 5.56 Å². The van der Waals surface area contributed by atoms with Gasteiger partial charge in [-0.05, 0) is 49.4 Å². The maximum Gasteiger partial charge on any atom is 0.267 e. The van der Waals surface area contributed by atoms with Gasteiger partial charge in [0.1, 0.15) is 24.7 Å². The maximum absolute atomic E-state index is 12.2. The van der Waals surface area contributed by atoms with Crippen LogP contribution in [0.1, 0.15) is 5.56 Å². The van der Waals surface area contributed by atoms with Crippen LogP contribution in [0.25, 0.3) is 11.3 Å². The van der Waals surface area contributed by atoms with Crippen molar-refractivity contribution in [2.45, 2.75) is 13.5 Å². The lowest BCUT2D eigenvalue weighted by Gasteiger charge is -2.10. The van der Waals surface area contributed by atoms with Crippen LogP contribution in [0.15, 0.2) is 65.5 Å². The van der Waals surface area contributed by atoms with Crippen LogP contribution in [-0.4, -0.2) is 35.9 Å². The molecule has 0 saturated carbocycles. The minimum absolute atomic E-state index is 0.159. The normalized spacial score (nSPS) is 10.4. The molecule has 7 nitrogen and oxygen atoms in total. The van der Waals surface area contributed by atoms with Crippen molar-refractivity contribution >= 4 is 5.91 Å². The molecular weight excluding hydrogens is 370 g/mol. The highest BCUT2D eigenvalue weighted by Crippen LogP contribution is 2.19. The summed E-state index contributed by atoms with van der Waals surface area (Å²) in [7, 11) is 1.60. The van der Waals surface area contributed by atoms with Crippen LogP contribution in [0.3, 0.4) is 0 Å². The second-order valence-corrected chi connectivity index (χ2v) is 6.45. The van der Waals surface area contributed by atoms with Crippen LogP contribution in [0, 0.1) is 6.92 Å². The number of nitrogens with zero attached hydrogens (tertiary/aromatic N) is 2. The minimum atomic E-state index is -0.340. The van der Waals surface area contributed by atoms with Gasteiger partial charge in [-0.1, -0.05) is 17.7 Å². The lowest BCUT2D eigenvalue weighted by molar-refractivity contribution is -0.122. The molecule has 3 rings (SSSR count). The van der Waals surface area contributed by atoms with Gasteiger partial charge >= 0.3 is 0 Å². The van der Waals surface area contributed by atoms with Gasteiger partial charge in [0.05, 0.1) is 19.3 Å². The number of carbonyl (C=O) groups is 1. The van der Waals surface area contributed by atoms with Gasteiger partial charge in [-0.25, -0.2) is 4.68 Å². The molecule has 7 heteroatoms. The Balaban J connectivity index is 1.55. The summed E-state index contributed by atoms with van der Waals surface area (Å²) in [4.78, 5) is 24.2. The second kappa shape index (κ2) is 9.54. The monoisotopic (exact) mass is 393 g/mol. The molecule has 0 aliphatic carbocycles. The van der Waals surface area contributed by atoms with E-state index in [1.165, 1.54) is 6.07 Å². The van der Waals surface area contributed by atoms with Gasteiger partial charge in [0.15, 0.2) is 0 Å². The van der Waals surface area contributed by atoms with Crippen LogP contribution in [0.5, 0.6) is 11.5 Å². The Kier molecular flexibility index (Phi) is 6.63. The molecule has 3 aromatic rings. The highest BCUT2D eigenvalue weighted by Gasteiger charge is 2.08. The fourth-order valence-corrected chi connectivity index (χ4v) is 2.66. The second-order valence-electron chi connectivity index (χ2n) is 6.45. The summed E-state index contributed by atoms with van der Waals surface area (Å²) >= 11 is 0. The van der Waals surface area contributed by atoms with Gasteiger partial charge in [0.2, 0.25) is 5.91 Å². The Labute approximate surface area is 168 Å². The summed E-state index contributed by atoms with van der Waals surface area (Å²) in [6.45, 7) is 2.51. The van der Waals surface area contributed by atoms with Gasteiger partial charge in [0, 0.05) is 11.6 Å². The molecule has 2 aromatic carbocycles. The van der Waals surface area contributed by atoms with E-state index in [1.54, 1.807) is 13.2 Å². The predicted molar refractivity (Wildman–Crippen MR) is 110 cm³/mol. The first-order valence-electron chi connectivity index (χ1n) is 9.24. The average molecular weight is 393 g/mol. The molecule has 29 heavy (non-hydrogen) atoms. The zero-order valence-electron chi connectivity index (χ0n) is 16.4. The van der Waals surface area contributed by atoms with Crippen molar-refractivity contribution in [1.82, 2.24) is 15.1 Å². The number of carbonyl (C=O) groups excluding carboxylic acids is 1. The third kappa shape index (κ3) is 5.68. The third-order valence-corrected chi connectivity index (χ3v) is 4.26. The molecule has 0 bridgehead atoms. The largest absolute Gasteiger partial charge is 0.497 e. The Bertz CT molecular complexity index is 1010. The maximum atomic E-state index is 12.2. The van der Waals surface area contributed by atoms with Gasteiger partial charge < -0.3 is 14.8 Å². The zero-order chi connectivity index (χ0) is 20.6. The van der Waals surface area contributed by atoms with E-state index in [1.807, 2.05) is 55.5 Å². The molecule has 150 valence electrons. The number of benzene rings is 2. The van der Waals surface area contributed by atoms with E-state index in [2.05, 4.69) is 10.4 Å². The number of nitrogens with one attached hydrogen (secondary N) is 1. The van der Waals surface area contributed by atoms with Crippen molar-refractivity contribution in [3.63, 3.8) is 0 Å². The average Bonchev–Trinajstić information content (AvgIpc) is 2.74. The topological polar surface area (TPSA) is 82.5 Å². The summed E-state index contributed by atoms with van der Waals surface area (Å²) in [5.74, 6) is 1.17. The van der Waals surface area contributed by atoms with Crippen LogP contribution in [0.2, 0.25) is 0 Å². The van der Waals surface area contributed by atoms with Crippen molar-refractivity contribution < 1.29 is 14.3 Å². The number of rotatable bonds is 8. The molecule has 0 aliphatic heterocycles. The van der Waals surface area contributed by atoms with Crippen LogP contribution in [0.4, 0.5) is 0 Å². The quantitative estimate of drug-likeness (QED) is 0.595. The molecule has 0 saturated heterocycles. The summed E-state index contributed by atoms with van der Waals surface area (Å²) in [5, 5.41) is 7.03. The lowest BCUT2D eigenvalue weighted by atomic mass is 10.1. The molecule has 0 unspecified atom stereocenters. The number of aromatic nitrogens is 2. The molecule has 1 N–H and O–H groups in total. The van der Waals surface area contributed by atoms with Crippen LogP contribution < -0.4 is 20.3 Å². The van der Waals surface area contributed by atoms with Crippen molar-refractivity contribution in [3.05, 3.63) is 76.6 Å². The fraction of sp³-hybridized carbons (Fsp3) is 0.227. The first kappa shape index (κ1) is 20.1. The van der Waals surface area contributed by atoms with E-state index in [-0.39, 0.29) is 18.0 Å². The molecule has 1 amide bonds. The fourth-order valence-electron chi connectivity index (χ4n) is 2.66. The Morgan fingerprint density at radius 1 is 1.00 bits per heavy atom. The number of ether oxygens (including phenoxy) is 2. The van der Waals surface area contributed by atoms with Crippen molar-refractivity contribution in [2.75, 3.05) is 20.3 Å². The van der Waals surface area contributed by atoms with Gasteiger partial charge in [-0.2, -0.15) is 5.10 Å². The molecule has 1 heterocycles. The predicted octanol–water partition coefficient (Wildman–Crippen LogP) is 2.42. The summed E-state index contributed by atoms with van der Waals surface area (Å²) < 4.78 is 11.9. The highest BCUT2D eigenvalue weighted by molar-refractivity contribution is 5.75. The lowest BCUT2D eigenvalue weighted by Crippen LogP contribution is -2.35. The van der Waals surface area contributed by atoms with E-state index < -0.39 is 0 Å². The molecule has 1 aromatic heterocycles. The number of amides is 1. The first-order valence-corrected chi connectivity index (χ1v) is 9.24. The number of aryl methyl sites for hydroxylation is 1. The zero-order valence-corrected chi connectivity index (χ0v) is 16.4. The third-order valence-electron chi connectivity index (χ3n) is 4.26. The first-order chi connectivity index (χ1) is 14.0. The molecule has 0 spiro atoms. The highest BCUT2D eigenvalue weighted by atomic mass is 16.5. The number of hydrogen-bond acceptors (Lipinski definition) is 5. The van der Waals surface area contributed by atoms with Crippen molar-refractivity contribution in [3.8, 4) is 22.8 Å². The van der Waals surface area contributed by atoms with Gasteiger partial charge in [-0.15, -0.1) is 0 Å². The van der Waals surface area contributed by atoms with Gasteiger partial charge in [-0.3, -0.25) is 9.59 Å². The Morgan fingerprint density at radius 2 is 1.69 bits per heavy atom. The summed E-state index contributed by atoms with van der Waals surface area (Å²) in [5.41, 5.74) is 2.24. The molecule has 0 fully saturated rings. The Hall–Kier alpha value is -3.61. The van der Waals surface area contributed by atoms with Crippen molar-refractivity contribution in [1.29, 1.82) is 0 Å². The van der Waals surface area contributed by atoms with E-state index in [0.29, 0.717) is 18.8 Å². The molecular formula is C22H23N3O4. The molecule has 0 atom stereocenters. The van der Waals surface area contributed by atoms with E-state index in [4.69, 9.17) is 9.47 Å². The summed E-state index contributed by atoms with van der Waals surface area (Å²) in [6, 6.07) is 18.0. The number of methoxy groups -OCH3 is 1. The van der Waals surface area contributed by atoms with E-state index in [0.717, 1.165) is 27.3 Å². The standard InChI is InChI=1S/C22H23N3O4/c1-16-3-7-19(8-4-16)29-14-13-23-21(26)15-25-22(27)12-11-20(24-25)17-5-9-18(28-2)10-6-17/h3-12H,13-15H2,1-2H3,(H,23,26).